The molecule has 0 radical (unpaired) electrons. The van der Waals surface area contributed by atoms with E-state index in [2.05, 4.69) is 31.2 Å². The fourth-order valence-corrected chi connectivity index (χ4v) is 2.98. The SMILES string of the molecule is CCCCCCc1ccc(-c2ccsc2C=O)cc1. The highest BCUT2D eigenvalue weighted by Gasteiger charge is 2.05. The molecule has 1 heterocycles. The van der Waals surface area contributed by atoms with Crippen LogP contribution in [0.5, 0.6) is 0 Å². The van der Waals surface area contributed by atoms with Crippen LogP contribution in [-0.4, -0.2) is 6.29 Å². The molecule has 2 rings (SSSR count). The van der Waals surface area contributed by atoms with E-state index in [-0.39, 0.29) is 0 Å². The van der Waals surface area contributed by atoms with E-state index in [0.717, 1.165) is 28.7 Å². The summed E-state index contributed by atoms with van der Waals surface area (Å²) in [6.45, 7) is 2.24. The van der Waals surface area contributed by atoms with E-state index in [1.807, 2.05) is 11.4 Å². The van der Waals surface area contributed by atoms with Gasteiger partial charge in [-0.15, -0.1) is 11.3 Å². The molecule has 1 nitrogen and oxygen atoms in total. The number of rotatable bonds is 7. The van der Waals surface area contributed by atoms with Crippen LogP contribution in [0, 0.1) is 0 Å². The summed E-state index contributed by atoms with van der Waals surface area (Å²) in [6.07, 6.45) is 7.30. The van der Waals surface area contributed by atoms with Gasteiger partial charge in [-0.25, -0.2) is 0 Å². The minimum absolute atomic E-state index is 0.815. The lowest BCUT2D eigenvalue weighted by Crippen LogP contribution is -1.87. The van der Waals surface area contributed by atoms with Crippen molar-refractivity contribution in [3.8, 4) is 11.1 Å². The Morgan fingerprint density at radius 1 is 1.05 bits per heavy atom. The fraction of sp³-hybridized carbons (Fsp3) is 0.353. The molecule has 100 valence electrons. The van der Waals surface area contributed by atoms with Gasteiger partial charge in [0.25, 0.3) is 0 Å². The van der Waals surface area contributed by atoms with Crippen LogP contribution in [0.2, 0.25) is 0 Å². The van der Waals surface area contributed by atoms with Crippen LogP contribution in [0.25, 0.3) is 11.1 Å². The third-order valence-electron chi connectivity index (χ3n) is 3.39. The number of hydrogen-bond acceptors (Lipinski definition) is 2. The summed E-state index contributed by atoms with van der Waals surface area (Å²) >= 11 is 1.50. The van der Waals surface area contributed by atoms with Crippen LogP contribution >= 0.6 is 11.3 Å². The first-order valence-corrected chi connectivity index (χ1v) is 7.85. The Hall–Kier alpha value is -1.41. The fourth-order valence-electron chi connectivity index (χ4n) is 2.26. The highest BCUT2D eigenvalue weighted by atomic mass is 32.1. The van der Waals surface area contributed by atoms with Crippen molar-refractivity contribution >= 4 is 17.6 Å². The number of thiophene rings is 1. The first-order chi connectivity index (χ1) is 9.35. The van der Waals surface area contributed by atoms with Crippen molar-refractivity contribution in [3.05, 3.63) is 46.2 Å². The summed E-state index contributed by atoms with van der Waals surface area (Å²) in [5.74, 6) is 0. The molecule has 0 aliphatic heterocycles. The molecule has 19 heavy (non-hydrogen) atoms. The molecule has 0 amide bonds. The first-order valence-electron chi connectivity index (χ1n) is 6.97. The first kappa shape index (κ1) is 14.0. The minimum atomic E-state index is 0.815. The zero-order valence-electron chi connectivity index (χ0n) is 11.4. The highest BCUT2D eigenvalue weighted by molar-refractivity contribution is 7.12. The third-order valence-corrected chi connectivity index (χ3v) is 4.23. The smallest absolute Gasteiger partial charge is 0.160 e. The second-order valence-corrected chi connectivity index (χ2v) is 5.77. The number of carbonyl (C=O) groups excluding carboxylic acids is 1. The van der Waals surface area contributed by atoms with Crippen LogP contribution in [-0.2, 0) is 6.42 Å². The van der Waals surface area contributed by atoms with E-state index in [0.29, 0.717) is 0 Å². The largest absolute Gasteiger partial charge is 0.297 e. The van der Waals surface area contributed by atoms with Crippen LogP contribution in [0.4, 0.5) is 0 Å². The molecule has 0 unspecified atom stereocenters. The normalized spacial score (nSPS) is 10.6. The zero-order valence-corrected chi connectivity index (χ0v) is 12.2. The summed E-state index contributed by atoms with van der Waals surface area (Å²) in [6, 6.07) is 10.7. The van der Waals surface area contributed by atoms with Crippen molar-refractivity contribution in [2.24, 2.45) is 0 Å². The van der Waals surface area contributed by atoms with E-state index >= 15 is 0 Å². The molecule has 1 aromatic carbocycles. The predicted octanol–water partition coefficient (Wildman–Crippen LogP) is 5.35. The number of unbranched alkanes of at least 4 members (excludes halogenated alkanes) is 3. The lowest BCUT2D eigenvalue weighted by Gasteiger charge is -2.04. The summed E-state index contributed by atoms with van der Waals surface area (Å²) in [7, 11) is 0. The molecule has 0 N–H and O–H groups in total. The Kier molecular flexibility index (Phi) is 5.34. The lowest BCUT2D eigenvalue weighted by molar-refractivity contribution is 0.112. The molecule has 0 atom stereocenters. The van der Waals surface area contributed by atoms with Gasteiger partial charge in [-0.05, 0) is 35.4 Å². The Bertz CT molecular complexity index is 510. The topological polar surface area (TPSA) is 17.1 Å². The third kappa shape index (κ3) is 3.77. The molecular weight excluding hydrogens is 252 g/mol. The van der Waals surface area contributed by atoms with Crippen molar-refractivity contribution in [1.29, 1.82) is 0 Å². The predicted molar refractivity (Wildman–Crippen MR) is 83.0 cm³/mol. The van der Waals surface area contributed by atoms with Gasteiger partial charge in [0, 0.05) is 5.56 Å². The number of benzene rings is 1. The van der Waals surface area contributed by atoms with Crippen LogP contribution in [0.1, 0.15) is 47.8 Å². The zero-order chi connectivity index (χ0) is 13.5. The summed E-state index contributed by atoms with van der Waals surface area (Å²) in [5.41, 5.74) is 3.58. The van der Waals surface area contributed by atoms with E-state index in [1.54, 1.807) is 0 Å². The van der Waals surface area contributed by atoms with Gasteiger partial charge in [-0.3, -0.25) is 4.79 Å². The number of aldehydes is 1. The maximum Gasteiger partial charge on any atom is 0.160 e. The molecule has 0 aliphatic carbocycles. The van der Waals surface area contributed by atoms with Gasteiger partial charge in [-0.2, -0.15) is 0 Å². The molecule has 0 bridgehead atoms. The summed E-state index contributed by atoms with van der Waals surface area (Å²) in [5, 5.41) is 1.97. The molecule has 0 saturated carbocycles. The van der Waals surface area contributed by atoms with Crippen molar-refractivity contribution in [2.45, 2.75) is 39.0 Å². The number of hydrogen-bond donors (Lipinski definition) is 0. The Morgan fingerprint density at radius 3 is 2.53 bits per heavy atom. The van der Waals surface area contributed by atoms with Gasteiger partial charge in [0.1, 0.15) is 0 Å². The van der Waals surface area contributed by atoms with Crippen molar-refractivity contribution in [2.75, 3.05) is 0 Å². The van der Waals surface area contributed by atoms with E-state index in [1.165, 1.54) is 42.6 Å². The van der Waals surface area contributed by atoms with Gasteiger partial charge in [0.05, 0.1) is 4.88 Å². The molecule has 0 spiro atoms. The van der Waals surface area contributed by atoms with Gasteiger partial charge in [0.2, 0.25) is 0 Å². The molecule has 2 heteroatoms. The van der Waals surface area contributed by atoms with Crippen molar-refractivity contribution < 1.29 is 4.79 Å². The Labute approximate surface area is 119 Å². The van der Waals surface area contributed by atoms with Crippen molar-refractivity contribution in [1.82, 2.24) is 0 Å². The number of aryl methyl sites for hydroxylation is 1. The van der Waals surface area contributed by atoms with E-state index in [4.69, 9.17) is 0 Å². The van der Waals surface area contributed by atoms with Crippen LogP contribution in [0.3, 0.4) is 0 Å². The lowest BCUT2D eigenvalue weighted by atomic mass is 10.0. The second-order valence-electron chi connectivity index (χ2n) is 4.82. The van der Waals surface area contributed by atoms with Crippen LogP contribution < -0.4 is 0 Å². The quantitative estimate of drug-likeness (QED) is 0.490. The van der Waals surface area contributed by atoms with Gasteiger partial charge < -0.3 is 0 Å². The maximum absolute atomic E-state index is 10.9. The minimum Gasteiger partial charge on any atom is -0.297 e. The highest BCUT2D eigenvalue weighted by Crippen LogP contribution is 2.27. The monoisotopic (exact) mass is 272 g/mol. The van der Waals surface area contributed by atoms with E-state index in [9.17, 15) is 4.79 Å². The average molecular weight is 272 g/mol. The van der Waals surface area contributed by atoms with Gasteiger partial charge >= 0.3 is 0 Å². The molecule has 1 aromatic heterocycles. The molecular formula is C17H20OS. The number of carbonyl (C=O) groups is 1. The summed E-state index contributed by atoms with van der Waals surface area (Å²) < 4.78 is 0. The molecule has 0 aliphatic rings. The Balaban J connectivity index is 2.00. The van der Waals surface area contributed by atoms with Gasteiger partial charge in [-0.1, -0.05) is 50.5 Å². The van der Waals surface area contributed by atoms with Gasteiger partial charge in [0.15, 0.2) is 6.29 Å². The summed E-state index contributed by atoms with van der Waals surface area (Å²) in [4.78, 5) is 11.8. The molecule has 2 aromatic rings. The Morgan fingerprint density at radius 2 is 1.84 bits per heavy atom. The molecule has 0 fully saturated rings. The van der Waals surface area contributed by atoms with Crippen LogP contribution in [0.15, 0.2) is 35.7 Å². The second kappa shape index (κ2) is 7.25. The molecule has 0 saturated heterocycles. The maximum atomic E-state index is 10.9. The van der Waals surface area contributed by atoms with E-state index < -0.39 is 0 Å². The van der Waals surface area contributed by atoms with Crippen molar-refractivity contribution in [3.63, 3.8) is 0 Å². The standard InChI is InChI=1S/C17H20OS/c1-2-3-4-5-6-14-7-9-15(10-8-14)16-11-12-19-17(16)13-18/h7-13H,2-6H2,1H3. The average Bonchev–Trinajstić information content (AvgIpc) is 2.93.